The highest BCUT2D eigenvalue weighted by Crippen LogP contribution is 2.33. The maximum Gasteiger partial charge on any atom is 0.161 e. The number of aromatic nitrogens is 1. The summed E-state index contributed by atoms with van der Waals surface area (Å²) in [6, 6.07) is 9.22. The molecule has 1 unspecified atom stereocenters. The molecule has 1 aromatic heterocycles. The fraction of sp³-hybridized carbons (Fsp3) is 0.312. The van der Waals surface area contributed by atoms with Gasteiger partial charge in [-0.15, -0.1) is 0 Å². The van der Waals surface area contributed by atoms with Crippen LogP contribution >= 0.6 is 15.9 Å². The van der Waals surface area contributed by atoms with Gasteiger partial charge in [-0.25, -0.2) is 0 Å². The Morgan fingerprint density at radius 3 is 2.52 bits per heavy atom. The molecule has 0 aliphatic rings. The van der Waals surface area contributed by atoms with Gasteiger partial charge in [0.15, 0.2) is 11.5 Å². The molecule has 21 heavy (non-hydrogen) atoms. The van der Waals surface area contributed by atoms with Crippen molar-refractivity contribution in [3.8, 4) is 11.5 Å². The highest BCUT2D eigenvalue weighted by atomic mass is 79.9. The van der Waals surface area contributed by atoms with E-state index in [1.54, 1.807) is 6.20 Å². The molecule has 0 aliphatic heterocycles. The molecule has 0 fully saturated rings. The van der Waals surface area contributed by atoms with E-state index >= 15 is 0 Å². The monoisotopic (exact) mass is 350 g/mol. The van der Waals surface area contributed by atoms with Crippen molar-refractivity contribution >= 4 is 15.9 Å². The summed E-state index contributed by atoms with van der Waals surface area (Å²) in [5, 5.41) is 0. The van der Waals surface area contributed by atoms with Crippen molar-refractivity contribution < 1.29 is 9.47 Å². The fourth-order valence-electron chi connectivity index (χ4n) is 2.05. The summed E-state index contributed by atoms with van der Waals surface area (Å²) in [6.45, 7) is 5.06. The molecule has 0 saturated heterocycles. The number of rotatable bonds is 6. The van der Waals surface area contributed by atoms with Gasteiger partial charge in [0.25, 0.3) is 0 Å². The van der Waals surface area contributed by atoms with Gasteiger partial charge in [0.2, 0.25) is 0 Å². The Morgan fingerprint density at radius 1 is 1.14 bits per heavy atom. The lowest BCUT2D eigenvalue weighted by molar-refractivity contribution is 0.287. The summed E-state index contributed by atoms with van der Waals surface area (Å²) < 4.78 is 12.1. The summed E-state index contributed by atoms with van der Waals surface area (Å²) in [5.74, 6) is 1.44. The SMILES string of the molecule is CCOc1ccc(C(N)c2ncccc2Br)cc1OCC. The third-order valence-electron chi connectivity index (χ3n) is 3.01. The Kier molecular flexibility index (Phi) is 5.59. The van der Waals surface area contributed by atoms with Crippen molar-refractivity contribution in [2.75, 3.05) is 13.2 Å². The Bertz CT molecular complexity index is 605. The van der Waals surface area contributed by atoms with Crippen LogP contribution in [0.5, 0.6) is 11.5 Å². The molecule has 1 atom stereocenters. The average Bonchev–Trinajstić information content (AvgIpc) is 2.49. The van der Waals surface area contributed by atoms with E-state index < -0.39 is 0 Å². The van der Waals surface area contributed by atoms with Crippen molar-refractivity contribution in [3.05, 3.63) is 52.3 Å². The molecule has 0 saturated carbocycles. The molecule has 2 rings (SSSR count). The molecule has 0 amide bonds. The van der Waals surface area contributed by atoms with Crippen LogP contribution in [0, 0.1) is 0 Å². The van der Waals surface area contributed by atoms with Gasteiger partial charge in [-0.1, -0.05) is 6.07 Å². The lowest BCUT2D eigenvalue weighted by Crippen LogP contribution is -2.14. The summed E-state index contributed by atoms with van der Waals surface area (Å²) in [7, 11) is 0. The van der Waals surface area contributed by atoms with Gasteiger partial charge in [-0.2, -0.15) is 0 Å². The predicted octanol–water partition coefficient (Wildman–Crippen LogP) is 3.69. The van der Waals surface area contributed by atoms with Crippen molar-refractivity contribution in [1.82, 2.24) is 4.98 Å². The van der Waals surface area contributed by atoms with Crippen LogP contribution in [0.2, 0.25) is 0 Å². The molecule has 0 aliphatic carbocycles. The van der Waals surface area contributed by atoms with Crippen molar-refractivity contribution in [3.63, 3.8) is 0 Å². The van der Waals surface area contributed by atoms with Crippen LogP contribution in [0.15, 0.2) is 41.0 Å². The van der Waals surface area contributed by atoms with Crippen molar-refractivity contribution in [1.29, 1.82) is 0 Å². The lowest BCUT2D eigenvalue weighted by Gasteiger charge is -2.16. The van der Waals surface area contributed by atoms with Gasteiger partial charge in [-0.3, -0.25) is 4.98 Å². The van der Waals surface area contributed by atoms with E-state index in [2.05, 4.69) is 20.9 Å². The molecular formula is C16H19BrN2O2. The second kappa shape index (κ2) is 7.43. The minimum absolute atomic E-state index is 0.324. The molecule has 112 valence electrons. The zero-order valence-electron chi connectivity index (χ0n) is 12.2. The highest BCUT2D eigenvalue weighted by molar-refractivity contribution is 9.10. The third kappa shape index (κ3) is 3.74. The first-order valence-corrected chi connectivity index (χ1v) is 7.72. The Balaban J connectivity index is 2.35. The van der Waals surface area contributed by atoms with E-state index in [9.17, 15) is 0 Å². The fourth-order valence-corrected chi connectivity index (χ4v) is 2.55. The molecule has 2 aromatic rings. The molecule has 2 N–H and O–H groups in total. The van der Waals surface area contributed by atoms with Crippen LogP contribution in [0.4, 0.5) is 0 Å². The van der Waals surface area contributed by atoms with Gasteiger partial charge in [-0.05, 0) is 59.6 Å². The summed E-state index contributed by atoms with van der Waals surface area (Å²) in [5.41, 5.74) is 8.04. The lowest BCUT2D eigenvalue weighted by atomic mass is 10.0. The predicted molar refractivity (Wildman–Crippen MR) is 86.7 cm³/mol. The van der Waals surface area contributed by atoms with Crippen molar-refractivity contribution in [2.45, 2.75) is 19.9 Å². The normalized spacial score (nSPS) is 12.0. The Hall–Kier alpha value is -1.59. The van der Waals surface area contributed by atoms with Crippen LogP contribution < -0.4 is 15.2 Å². The number of ether oxygens (including phenoxy) is 2. The van der Waals surface area contributed by atoms with E-state index in [1.165, 1.54) is 0 Å². The smallest absolute Gasteiger partial charge is 0.161 e. The molecule has 5 heteroatoms. The molecular weight excluding hydrogens is 332 g/mol. The third-order valence-corrected chi connectivity index (χ3v) is 3.68. The first kappa shape index (κ1) is 15.8. The van der Waals surface area contributed by atoms with Gasteiger partial charge < -0.3 is 15.2 Å². The van der Waals surface area contributed by atoms with E-state index in [0.717, 1.165) is 21.5 Å². The second-order valence-electron chi connectivity index (χ2n) is 4.42. The van der Waals surface area contributed by atoms with E-state index in [4.69, 9.17) is 15.2 Å². The van der Waals surface area contributed by atoms with Crippen LogP contribution in [0.3, 0.4) is 0 Å². The maximum atomic E-state index is 6.32. The van der Waals surface area contributed by atoms with Crippen LogP contribution in [0.25, 0.3) is 0 Å². The van der Waals surface area contributed by atoms with E-state index in [0.29, 0.717) is 19.0 Å². The summed E-state index contributed by atoms with van der Waals surface area (Å²) in [6.07, 6.45) is 1.73. The molecule has 4 nitrogen and oxygen atoms in total. The van der Waals surface area contributed by atoms with E-state index in [1.807, 2.05) is 44.2 Å². The quantitative estimate of drug-likeness (QED) is 0.862. The molecule has 0 spiro atoms. The number of nitrogens with two attached hydrogens (primary N) is 1. The highest BCUT2D eigenvalue weighted by Gasteiger charge is 2.16. The largest absolute Gasteiger partial charge is 0.490 e. The first-order valence-electron chi connectivity index (χ1n) is 6.92. The van der Waals surface area contributed by atoms with E-state index in [-0.39, 0.29) is 6.04 Å². The van der Waals surface area contributed by atoms with Crippen LogP contribution in [0.1, 0.15) is 31.1 Å². The average molecular weight is 351 g/mol. The zero-order chi connectivity index (χ0) is 15.2. The topological polar surface area (TPSA) is 57.4 Å². The van der Waals surface area contributed by atoms with Crippen LogP contribution in [-0.2, 0) is 0 Å². The minimum Gasteiger partial charge on any atom is -0.490 e. The van der Waals surface area contributed by atoms with Crippen LogP contribution in [-0.4, -0.2) is 18.2 Å². The molecule has 1 aromatic carbocycles. The molecule has 0 bridgehead atoms. The number of pyridine rings is 1. The standard InChI is InChI=1S/C16H19BrN2O2/c1-3-20-13-8-7-11(10-14(13)21-4-2)15(18)16-12(17)6-5-9-19-16/h5-10,15H,3-4,18H2,1-2H3. The Morgan fingerprint density at radius 2 is 1.86 bits per heavy atom. The number of hydrogen-bond donors (Lipinski definition) is 1. The first-order chi connectivity index (χ1) is 10.2. The second-order valence-corrected chi connectivity index (χ2v) is 5.27. The zero-order valence-corrected chi connectivity index (χ0v) is 13.8. The molecule has 1 heterocycles. The minimum atomic E-state index is -0.324. The van der Waals surface area contributed by atoms with Gasteiger partial charge in [0, 0.05) is 10.7 Å². The number of nitrogens with zero attached hydrogens (tertiary/aromatic N) is 1. The maximum absolute atomic E-state index is 6.32. The van der Waals surface area contributed by atoms with Crippen molar-refractivity contribution in [2.24, 2.45) is 5.73 Å². The molecule has 0 radical (unpaired) electrons. The summed E-state index contributed by atoms with van der Waals surface area (Å²) >= 11 is 3.48. The number of benzene rings is 1. The Labute approximate surface area is 133 Å². The number of hydrogen-bond acceptors (Lipinski definition) is 4. The van der Waals surface area contributed by atoms with Gasteiger partial charge >= 0.3 is 0 Å². The summed E-state index contributed by atoms with van der Waals surface area (Å²) in [4.78, 5) is 4.35. The van der Waals surface area contributed by atoms with Gasteiger partial charge in [0.1, 0.15) is 0 Å². The van der Waals surface area contributed by atoms with Gasteiger partial charge in [0.05, 0.1) is 24.9 Å². The number of halogens is 1.